The molecule has 2 atom stereocenters. The first-order chi connectivity index (χ1) is 7.31. The van der Waals surface area contributed by atoms with Crippen molar-refractivity contribution in [2.24, 2.45) is 5.92 Å². The second-order valence-corrected chi connectivity index (χ2v) is 4.53. The van der Waals surface area contributed by atoms with Crippen LogP contribution in [0.5, 0.6) is 0 Å². The Hall–Kier alpha value is -0.870. The molecule has 2 aliphatic heterocycles. The molecular weight excluding hydrogens is 214 g/mol. The van der Waals surface area contributed by atoms with E-state index in [9.17, 15) is 0 Å². The summed E-state index contributed by atoms with van der Waals surface area (Å²) < 4.78 is 5.63. The zero-order valence-corrected chi connectivity index (χ0v) is 9.02. The van der Waals surface area contributed by atoms with Gasteiger partial charge < -0.3 is 9.64 Å². The molecular formula is C10H12ClN3O. The number of piperidine rings is 1. The molecule has 2 saturated heterocycles. The molecule has 3 heterocycles. The lowest BCUT2D eigenvalue weighted by Crippen LogP contribution is -2.40. The minimum atomic E-state index is 0.353. The number of fused-ring (bicyclic) bond motifs is 2. The number of nitrogens with zero attached hydrogens (tertiary/aromatic N) is 3. The second-order valence-electron chi connectivity index (χ2n) is 4.14. The summed E-state index contributed by atoms with van der Waals surface area (Å²) in [5.41, 5.74) is 0. The number of hydrogen-bond donors (Lipinski definition) is 0. The van der Waals surface area contributed by atoms with Gasteiger partial charge in [-0.15, -0.1) is 0 Å². The van der Waals surface area contributed by atoms with Gasteiger partial charge in [-0.3, -0.25) is 0 Å². The van der Waals surface area contributed by atoms with Crippen molar-refractivity contribution < 1.29 is 4.74 Å². The van der Waals surface area contributed by atoms with Gasteiger partial charge in [-0.05, 0) is 12.5 Å². The molecule has 3 rings (SSSR count). The zero-order chi connectivity index (χ0) is 10.3. The fraction of sp³-hybridized carbons (Fsp3) is 0.600. The lowest BCUT2D eigenvalue weighted by molar-refractivity contribution is 0.119. The first kappa shape index (κ1) is 9.36. The van der Waals surface area contributed by atoms with Crippen LogP contribution >= 0.6 is 11.6 Å². The number of hydrogen-bond acceptors (Lipinski definition) is 4. The van der Waals surface area contributed by atoms with Gasteiger partial charge in [0.1, 0.15) is 5.15 Å². The topological polar surface area (TPSA) is 38.2 Å². The van der Waals surface area contributed by atoms with E-state index in [0.717, 1.165) is 25.6 Å². The minimum Gasteiger partial charge on any atom is -0.376 e. The van der Waals surface area contributed by atoms with Crippen molar-refractivity contribution >= 4 is 17.5 Å². The van der Waals surface area contributed by atoms with E-state index < -0.39 is 0 Å². The maximum Gasteiger partial charge on any atom is 0.226 e. The van der Waals surface area contributed by atoms with E-state index in [1.807, 2.05) is 0 Å². The van der Waals surface area contributed by atoms with Gasteiger partial charge in [0, 0.05) is 25.2 Å². The summed E-state index contributed by atoms with van der Waals surface area (Å²) in [5.74, 6) is 1.36. The van der Waals surface area contributed by atoms with Gasteiger partial charge in [0.2, 0.25) is 5.95 Å². The van der Waals surface area contributed by atoms with Gasteiger partial charge in [-0.2, -0.15) is 0 Å². The third kappa shape index (κ3) is 1.79. The maximum absolute atomic E-state index is 5.84. The molecule has 0 aliphatic carbocycles. The van der Waals surface area contributed by atoms with Crippen molar-refractivity contribution in [3.8, 4) is 0 Å². The summed E-state index contributed by atoms with van der Waals surface area (Å²) in [4.78, 5) is 10.6. The van der Waals surface area contributed by atoms with Crippen molar-refractivity contribution in [2.75, 3.05) is 24.6 Å². The first-order valence-electron chi connectivity index (χ1n) is 5.16. The highest BCUT2D eigenvalue weighted by molar-refractivity contribution is 6.29. The van der Waals surface area contributed by atoms with E-state index in [0.29, 0.717) is 17.2 Å². The number of ether oxygens (including phenoxy) is 1. The average Bonchev–Trinajstić information content (AvgIpc) is 2.58. The predicted octanol–water partition coefficient (Wildman–Crippen LogP) is 1.36. The van der Waals surface area contributed by atoms with Gasteiger partial charge in [-0.25, -0.2) is 9.97 Å². The van der Waals surface area contributed by atoms with Crippen LogP contribution in [0, 0.1) is 5.92 Å². The Balaban J connectivity index is 1.83. The molecule has 1 aromatic heterocycles. The molecule has 1 aromatic rings. The fourth-order valence-electron chi connectivity index (χ4n) is 2.31. The van der Waals surface area contributed by atoms with Crippen LogP contribution in [0.4, 0.5) is 5.95 Å². The molecule has 0 radical (unpaired) electrons. The summed E-state index contributed by atoms with van der Waals surface area (Å²) in [5, 5.41) is 0.499. The highest BCUT2D eigenvalue weighted by Gasteiger charge is 2.34. The Kier molecular flexibility index (Phi) is 2.25. The smallest absolute Gasteiger partial charge is 0.226 e. The normalized spacial score (nSPS) is 29.5. The van der Waals surface area contributed by atoms with E-state index in [-0.39, 0.29) is 0 Å². The van der Waals surface area contributed by atoms with E-state index in [2.05, 4.69) is 14.9 Å². The second kappa shape index (κ2) is 3.61. The third-order valence-electron chi connectivity index (χ3n) is 2.96. The number of halogens is 1. The number of anilines is 1. The molecule has 2 fully saturated rings. The maximum atomic E-state index is 5.84. The van der Waals surface area contributed by atoms with Gasteiger partial charge in [0.25, 0.3) is 0 Å². The van der Waals surface area contributed by atoms with Crippen molar-refractivity contribution in [1.29, 1.82) is 0 Å². The van der Waals surface area contributed by atoms with Crippen LogP contribution in [0.3, 0.4) is 0 Å². The minimum absolute atomic E-state index is 0.353. The summed E-state index contributed by atoms with van der Waals surface area (Å²) in [6, 6.07) is 1.69. The van der Waals surface area contributed by atoms with Crippen molar-refractivity contribution in [2.45, 2.75) is 12.5 Å². The largest absolute Gasteiger partial charge is 0.376 e. The van der Waals surface area contributed by atoms with Crippen LogP contribution in [-0.4, -0.2) is 35.8 Å². The quantitative estimate of drug-likeness (QED) is 0.677. The fourth-order valence-corrected chi connectivity index (χ4v) is 2.44. The average molecular weight is 226 g/mol. The van der Waals surface area contributed by atoms with Crippen molar-refractivity contribution in [1.82, 2.24) is 9.97 Å². The lowest BCUT2D eigenvalue weighted by Gasteiger charge is -2.30. The Morgan fingerprint density at radius 2 is 2.40 bits per heavy atom. The van der Waals surface area contributed by atoms with Crippen LogP contribution in [-0.2, 0) is 4.74 Å². The molecule has 2 unspecified atom stereocenters. The predicted molar refractivity (Wildman–Crippen MR) is 57.1 cm³/mol. The molecule has 5 heteroatoms. The molecule has 80 valence electrons. The van der Waals surface area contributed by atoms with Crippen LogP contribution in [0.15, 0.2) is 12.3 Å². The number of rotatable bonds is 1. The van der Waals surface area contributed by atoms with Crippen LogP contribution in [0.1, 0.15) is 6.42 Å². The molecule has 4 nitrogen and oxygen atoms in total. The summed E-state index contributed by atoms with van der Waals surface area (Å²) in [6.07, 6.45) is 3.23. The lowest BCUT2D eigenvalue weighted by atomic mass is 10.0. The zero-order valence-electron chi connectivity index (χ0n) is 8.27. The van der Waals surface area contributed by atoms with Crippen molar-refractivity contribution in [3.63, 3.8) is 0 Å². The molecule has 2 aliphatic rings. The monoisotopic (exact) mass is 225 g/mol. The number of aromatic nitrogens is 2. The molecule has 15 heavy (non-hydrogen) atoms. The van der Waals surface area contributed by atoms with Crippen LogP contribution < -0.4 is 4.90 Å². The van der Waals surface area contributed by atoms with Crippen LogP contribution in [0.2, 0.25) is 5.15 Å². The highest BCUT2D eigenvalue weighted by atomic mass is 35.5. The summed E-state index contributed by atoms with van der Waals surface area (Å²) in [6.45, 7) is 2.75. The Morgan fingerprint density at radius 3 is 3.20 bits per heavy atom. The molecule has 0 amide bonds. The van der Waals surface area contributed by atoms with Gasteiger partial charge in [-0.1, -0.05) is 11.6 Å². The molecule has 0 saturated carbocycles. The third-order valence-corrected chi connectivity index (χ3v) is 3.17. The van der Waals surface area contributed by atoms with E-state index in [1.165, 1.54) is 6.42 Å². The SMILES string of the molecule is Clc1ccnc(N2CC3COC(C3)C2)n1. The van der Waals surface area contributed by atoms with Gasteiger partial charge in [0.15, 0.2) is 0 Å². The highest BCUT2D eigenvalue weighted by Crippen LogP contribution is 2.28. The molecule has 2 bridgehead atoms. The van der Waals surface area contributed by atoms with Crippen LogP contribution in [0.25, 0.3) is 0 Å². The van der Waals surface area contributed by atoms with E-state index >= 15 is 0 Å². The molecule has 0 N–H and O–H groups in total. The Bertz CT molecular complexity index is 361. The Labute approximate surface area is 93.2 Å². The van der Waals surface area contributed by atoms with E-state index in [4.69, 9.17) is 16.3 Å². The standard InChI is InChI=1S/C10H12ClN3O/c11-9-1-2-12-10(13-9)14-4-7-3-8(5-14)15-6-7/h1-2,7-8H,3-6H2. The van der Waals surface area contributed by atoms with Crippen molar-refractivity contribution in [3.05, 3.63) is 17.4 Å². The van der Waals surface area contributed by atoms with Gasteiger partial charge >= 0.3 is 0 Å². The molecule has 0 spiro atoms. The summed E-state index contributed by atoms with van der Waals surface area (Å²) >= 11 is 5.84. The molecule has 0 aromatic carbocycles. The first-order valence-corrected chi connectivity index (χ1v) is 5.54. The Morgan fingerprint density at radius 1 is 1.47 bits per heavy atom. The summed E-state index contributed by atoms with van der Waals surface area (Å²) in [7, 11) is 0. The van der Waals surface area contributed by atoms with Gasteiger partial charge in [0.05, 0.1) is 12.7 Å². The van der Waals surface area contributed by atoms with E-state index in [1.54, 1.807) is 12.3 Å².